The van der Waals surface area contributed by atoms with Crippen molar-refractivity contribution in [2.24, 2.45) is 11.5 Å². The minimum Gasteiger partial charge on any atom is -0.477 e. The molecular formula is C48H56N8O6. The molecule has 2 aliphatic heterocycles. The molecule has 8 heterocycles. The number of carbonyl (C=O) groups excluding carboxylic acids is 2. The Hall–Kier alpha value is -6.12. The quantitative estimate of drug-likeness (QED) is 0.127. The molecule has 4 N–H and O–H groups in total. The minimum atomic E-state index is -0.565. The standard InChI is InChI=1S/2C24H28N4O3/c2*1-6-30-22-19-11-26-16(10-18(19)20(12-27-22)24(4,5)25)9-15-7-8-17-21(28-15)13(2)14(3)31-23(17)29/h2*7-8,10-14H,6,9,25H2,1-5H3/t2*13-,14+/m10/s1. The fourth-order valence-electron chi connectivity index (χ4n) is 7.79. The number of fused-ring (bicyclic) bond motifs is 4. The van der Waals surface area contributed by atoms with Crippen LogP contribution in [0.1, 0.15) is 147 Å². The number of esters is 2. The van der Waals surface area contributed by atoms with Gasteiger partial charge in [-0.3, -0.25) is 19.9 Å². The zero-order chi connectivity index (χ0) is 44.7. The molecule has 0 bridgehead atoms. The van der Waals surface area contributed by atoms with Gasteiger partial charge in [0.25, 0.3) is 0 Å². The summed E-state index contributed by atoms with van der Waals surface area (Å²) in [5.74, 6) is 0.572. The van der Waals surface area contributed by atoms with Crippen LogP contribution in [0.5, 0.6) is 11.8 Å². The highest BCUT2D eigenvalue weighted by Crippen LogP contribution is 2.35. The molecule has 6 aromatic rings. The summed E-state index contributed by atoms with van der Waals surface area (Å²) in [6.45, 7) is 20.6. The number of nitrogens with zero attached hydrogens (tertiary/aromatic N) is 6. The predicted octanol–water partition coefficient (Wildman–Crippen LogP) is 7.74. The number of ether oxygens (including phenoxy) is 4. The first-order chi connectivity index (χ1) is 29.4. The van der Waals surface area contributed by atoms with Gasteiger partial charge in [-0.2, -0.15) is 0 Å². The molecule has 324 valence electrons. The molecule has 62 heavy (non-hydrogen) atoms. The van der Waals surface area contributed by atoms with Crippen molar-refractivity contribution < 1.29 is 28.5 Å². The lowest BCUT2D eigenvalue weighted by Crippen LogP contribution is -2.29. The lowest BCUT2D eigenvalue weighted by Gasteiger charge is -2.27. The zero-order valence-electron chi connectivity index (χ0n) is 37.2. The van der Waals surface area contributed by atoms with Gasteiger partial charge in [0.15, 0.2) is 0 Å². The lowest BCUT2D eigenvalue weighted by molar-refractivity contribution is 0.0225. The topological polar surface area (TPSA) is 200 Å². The number of carbonyl (C=O) groups is 2. The number of hydrogen-bond acceptors (Lipinski definition) is 14. The Morgan fingerprint density at radius 1 is 0.565 bits per heavy atom. The van der Waals surface area contributed by atoms with Crippen molar-refractivity contribution in [1.29, 1.82) is 0 Å². The van der Waals surface area contributed by atoms with Gasteiger partial charge in [0.2, 0.25) is 11.8 Å². The summed E-state index contributed by atoms with van der Waals surface area (Å²) in [5, 5.41) is 3.62. The van der Waals surface area contributed by atoms with Crippen LogP contribution in [0.15, 0.2) is 61.2 Å². The van der Waals surface area contributed by atoms with Crippen molar-refractivity contribution in [1.82, 2.24) is 29.9 Å². The maximum Gasteiger partial charge on any atom is 0.340 e. The summed E-state index contributed by atoms with van der Waals surface area (Å²) in [6.07, 6.45) is 7.83. The molecular weight excluding hydrogens is 785 g/mol. The average Bonchev–Trinajstić information content (AvgIpc) is 3.21. The van der Waals surface area contributed by atoms with Crippen LogP contribution in [0, 0.1) is 0 Å². The van der Waals surface area contributed by atoms with Crippen LogP contribution in [-0.2, 0) is 33.4 Å². The minimum absolute atomic E-state index is 0.0432. The van der Waals surface area contributed by atoms with E-state index in [9.17, 15) is 9.59 Å². The van der Waals surface area contributed by atoms with E-state index >= 15 is 0 Å². The lowest BCUT2D eigenvalue weighted by atomic mass is 9.92. The van der Waals surface area contributed by atoms with Gasteiger partial charge >= 0.3 is 11.9 Å². The molecule has 0 saturated heterocycles. The van der Waals surface area contributed by atoms with E-state index in [-0.39, 0.29) is 36.0 Å². The Kier molecular flexibility index (Phi) is 12.3. The number of rotatable bonds is 10. The second kappa shape index (κ2) is 17.3. The van der Waals surface area contributed by atoms with Crippen molar-refractivity contribution in [2.75, 3.05) is 13.2 Å². The van der Waals surface area contributed by atoms with Crippen molar-refractivity contribution >= 4 is 33.5 Å². The predicted molar refractivity (Wildman–Crippen MR) is 237 cm³/mol. The van der Waals surface area contributed by atoms with Crippen LogP contribution in [0.3, 0.4) is 0 Å². The van der Waals surface area contributed by atoms with E-state index in [0.717, 1.165) is 66.8 Å². The van der Waals surface area contributed by atoms with Gasteiger partial charge in [0.05, 0.1) is 46.5 Å². The van der Waals surface area contributed by atoms with E-state index in [1.165, 1.54) is 0 Å². The van der Waals surface area contributed by atoms with Gasteiger partial charge < -0.3 is 30.4 Å². The highest BCUT2D eigenvalue weighted by atomic mass is 16.5. The van der Waals surface area contributed by atoms with Gasteiger partial charge in [0, 0.05) is 83.3 Å². The maximum atomic E-state index is 12.2. The molecule has 0 aliphatic carbocycles. The summed E-state index contributed by atoms with van der Waals surface area (Å²) in [6, 6.07) is 11.4. The molecule has 4 atom stereocenters. The first kappa shape index (κ1) is 44.0. The fourth-order valence-corrected chi connectivity index (χ4v) is 7.79. The first-order valence-electron chi connectivity index (χ1n) is 21.2. The molecule has 0 spiro atoms. The molecule has 6 aromatic heterocycles. The van der Waals surface area contributed by atoms with E-state index in [1.54, 1.807) is 36.9 Å². The Bertz CT molecular complexity index is 2490. The molecule has 0 unspecified atom stereocenters. The third-order valence-corrected chi connectivity index (χ3v) is 11.5. The van der Waals surface area contributed by atoms with Crippen LogP contribution in [-0.4, -0.2) is 67.3 Å². The number of pyridine rings is 6. The summed E-state index contributed by atoms with van der Waals surface area (Å²) < 4.78 is 22.2. The molecule has 0 aromatic carbocycles. The molecule has 0 radical (unpaired) electrons. The SMILES string of the molecule is CCOc1ncc(C(C)(C)N)c2cc(Cc3ccc4c(n3)[C@@H](C)[C@@H](C)OC4=O)ncc12.CCOc1ncc(C(C)(C)N)c2cc(Cc3ccc4c(n3)[C@H](C)[C@H](C)OC4=O)ncc12. The summed E-state index contributed by atoms with van der Waals surface area (Å²) >= 11 is 0. The second-order valence-electron chi connectivity index (χ2n) is 17.3. The molecule has 8 rings (SSSR count). The van der Waals surface area contributed by atoms with Crippen LogP contribution < -0.4 is 20.9 Å². The van der Waals surface area contributed by atoms with Crippen molar-refractivity contribution in [3.63, 3.8) is 0 Å². The number of cyclic esters (lactones) is 2. The van der Waals surface area contributed by atoms with Gasteiger partial charge in [-0.05, 0) is 114 Å². The highest BCUT2D eigenvalue weighted by Gasteiger charge is 2.33. The fraction of sp³-hybridized carbons (Fsp3) is 0.417. The Balaban J connectivity index is 0.000000186. The third-order valence-electron chi connectivity index (χ3n) is 11.5. The van der Waals surface area contributed by atoms with Crippen LogP contribution in [0.4, 0.5) is 0 Å². The van der Waals surface area contributed by atoms with Crippen LogP contribution in [0.25, 0.3) is 21.5 Å². The average molecular weight is 841 g/mol. The Morgan fingerprint density at radius 3 is 1.31 bits per heavy atom. The molecule has 0 fully saturated rings. The maximum absolute atomic E-state index is 12.2. The first-order valence-corrected chi connectivity index (χ1v) is 21.2. The molecule has 14 heteroatoms. The highest BCUT2D eigenvalue weighted by molar-refractivity contribution is 5.93. The monoisotopic (exact) mass is 840 g/mol. The second-order valence-corrected chi connectivity index (χ2v) is 17.3. The number of hydrogen-bond donors (Lipinski definition) is 2. The van der Waals surface area contributed by atoms with Crippen molar-refractivity contribution in [3.8, 4) is 11.8 Å². The van der Waals surface area contributed by atoms with E-state index in [1.807, 2.05) is 93.5 Å². The van der Waals surface area contributed by atoms with Gasteiger partial charge in [-0.1, -0.05) is 13.8 Å². The molecule has 0 amide bonds. The van der Waals surface area contributed by atoms with Crippen LogP contribution >= 0.6 is 0 Å². The summed E-state index contributed by atoms with van der Waals surface area (Å²) in [7, 11) is 0. The Labute approximate surface area is 362 Å². The summed E-state index contributed by atoms with van der Waals surface area (Å²) in [4.78, 5) is 52.1. The largest absolute Gasteiger partial charge is 0.477 e. The summed E-state index contributed by atoms with van der Waals surface area (Å²) in [5.41, 5.74) is 19.6. The molecule has 14 nitrogen and oxygen atoms in total. The van der Waals surface area contributed by atoms with Gasteiger partial charge in [-0.15, -0.1) is 0 Å². The van der Waals surface area contributed by atoms with Gasteiger partial charge in [-0.25, -0.2) is 19.6 Å². The normalized spacial score (nSPS) is 18.6. The van der Waals surface area contributed by atoms with E-state index in [4.69, 9.17) is 40.4 Å². The van der Waals surface area contributed by atoms with E-state index < -0.39 is 11.1 Å². The third kappa shape index (κ3) is 8.93. The van der Waals surface area contributed by atoms with Crippen LogP contribution in [0.2, 0.25) is 0 Å². The molecule has 0 saturated carbocycles. The Morgan fingerprint density at radius 2 is 0.952 bits per heavy atom. The molecule has 2 aliphatic rings. The van der Waals surface area contributed by atoms with Crippen molar-refractivity contribution in [2.45, 2.75) is 117 Å². The smallest absolute Gasteiger partial charge is 0.340 e. The number of aromatic nitrogens is 6. The van der Waals surface area contributed by atoms with E-state index in [2.05, 4.69) is 19.9 Å². The van der Waals surface area contributed by atoms with E-state index in [0.29, 0.717) is 48.9 Å². The zero-order valence-corrected chi connectivity index (χ0v) is 37.2. The van der Waals surface area contributed by atoms with Crippen molar-refractivity contribution in [3.05, 3.63) is 118 Å². The number of nitrogens with two attached hydrogens (primary N) is 2. The van der Waals surface area contributed by atoms with Gasteiger partial charge in [0.1, 0.15) is 12.2 Å².